The molecule has 0 amide bonds. The predicted octanol–water partition coefficient (Wildman–Crippen LogP) is 1.83. The molecule has 4 heteroatoms. The van der Waals surface area contributed by atoms with Gasteiger partial charge in [0.1, 0.15) is 5.82 Å². The van der Waals surface area contributed by atoms with Gasteiger partial charge in [0.25, 0.3) is 0 Å². The van der Waals surface area contributed by atoms with Crippen LogP contribution in [0.2, 0.25) is 0 Å². The lowest BCUT2D eigenvalue weighted by atomic mass is 10.1. The highest BCUT2D eigenvalue weighted by Crippen LogP contribution is 2.11. The lowest BCUT2D eigenvalue weighted by Gasteiger charge is -2.22. The zero-order valence-corrected chi connectivity index (χ0v) is 11.7. The lowest BCUT2D eigenvalue weighted by Crippen LogP contribution is -2.28. The minimum absolute atomic E-state index is 0.179. The van der Waals surface area contributed by atoms with Gasteiger partial charge in [0, 0.05) is 31.9 Å². The maximum absolute atomic E-state index is 5.77. The van der Waals surface area contributed by atoms with Gasteiger partial charge < -0.3 is 15.4 Å². The van der Waals surface area contributed by atoms with Crippen LogP contribution in [-0.4, -0.2) is 37.3 Å². The summed E-state index contributed by atoms with van der Waals surface area (Å²) in [7, 11) is 0. The fraction of sp³-hybridized carbons (Fsp3) is 0.643. The van der Waals surface area contributed by atoms with Crippen molar-refractivity contribution in [3.63, 3.8) is 0 Å². The summed E-state index contributed by atoms with van der Waals surface area (Å²) >= 11 is 0. The average molecular weight is 251 g/mol. The molecule has 1 aromatic heterocycles. The molecule has 4 nitrogen and oxygen atoms in total. The molecule has 102 valence electrons. The Morgan fingerprint density at radius 3 is 2.67 bits per heavy atom. The quantitative estimate of drug-likeness (QED) is 0.716. The Morgan fingerprint density at radius 2 is 2.17 bits per heavy atom. The van der Waals surface area contributed by atoms with Gasteiger partial charge in [-0.15, -0.1) is 0 Å². The van der Waals surface area contributed by atoms with Gasteiger partial charge in [0.2, 0.25) is 0 Å². The molecular weight excluding hydrogens is 226 g/mol. The molecule has 1 heterocycles. The molecule has 0 saturated heterocycles. The summed E-state index contributed by atoms with van der Waals surface area (Å²) in [4.78, 5) is 6.71. The van der Waals surface area contributed by atoms with E-state index in [1.54, 1.807) is 0 Å². The van der Waals surface area contributed by atoms with E-state index in [4.69, 9.17) is 10.5 Å². The zero-order chi connectivity index (χ0) is 13.4. The van der Waals surface area contributed by atoms with E-state index in [1.165, 1.54) is 5.56 Å². The second-order valence-corrected chi connectivity index (χ2v) is 4.48. The maximum atomic E-state index is 5.77. The third-order valence-corrected chi connectivity index (χ3v) is 2.78. The fourth-order valence-corrected chi connectivity index (χ4v) is 1.85. The van der Waals surface area contributed by atoms with Crippen LogP contribution in [0.5, 0.6) is 0 Å². The number of likely N-dealkylation sites (N-methyl/N-ethyl adjacent to an activating group) is 1. The van der Waals surface area contributed by atoms with Crippen LogP contribution in [0, 0.1) is 0 Å². The van der Waals surface area contributed by atoms with Crippen molar-refractivity contribution in [1.29, 1.82) is 0 Å². The Balaban J connectivity index is 2.57. The maximum Gasteiger partial charge on any atom is 0.128 e. The van der Waals surface area contributed by atoms with Crippen LogP contribution in [0.3, 0.4) is 0 Å². The smallest absolute Gasteiger partial charge is 0.128 e. The minimum Gasteiger partial charge on any atom is -0.380 e. The molecule has 0 spiro atoms. The van der Waals surface area contributed by atoms with Crippen LogP contribution in [0.15, 0.2) is 18.3 Å². The van der Waals surface area contributed by atoms with E-state index in [9.17, 15) is 0 Å². The van der Waals surface area contributed by atoms with Crippen LogP contribution in [0.4, 0.5) is 5.82 Å². The van der Waals surface area contributed by atoms with Gasteiger partial charge in [0.15, 0.2) is 0 Å². The molecule has 0 aliphatic carbocycles. The van der Waals surface area contributed by atoms with Gasteiger partial charge in [-0.2, -0.15) is 0 Å². The second-order valence-electron chi connectivity index (χ2n) is 4.48. The summed E-state index contributed by atoms with van der Waals surface area (Å²) in [5.74, 6) is 1.01. The minimum atomic E-state index is 0.179. The zero-order valence-electron chi connectivity index (χ0n) is 11.7. The molecule has 0 saturated carbocycles. The van der Waals surface area contributed by atoms with E-state index in [1.807, 2.05) is 20.0 Å². The normalized spacial score (nSPS) is 12.4. The van der Waals surface area contributed by atoms with Gasteiger partial charge >= 0.3 is 0 Å². The molecule has 0 aliphatic heterocycles. The summed E-state index contributed by atoms with van der Waals surface area (Å²) in [5.41, 5.74) is 6.96. The summed E-state index contributed by atoms with van der Waals surface area (Å²) in [6, 6.07) is 4.35. The number of rotatable bonds is 8. The lowest BCUT2D eigenvalue weighted by molar-refractivity contribution is 0.154. The van der Waals surface area contributed by atoms with E-state index in [0.29, 0.717) is 0 Å². The Bertz CT molecular complexity index is 324. The van der Waals surface area contributed by atoms with Crippen LogP contribution in [0.25, 0.3) is 0 Å². The number of pyridine rings is 1. The number of hydrogen-bond acceptors (Lipinski definition) is 4. The van der Waals surface area contributed by atoms with Crippen LogP contribution < -0.4 is 10.6 Å². The molecule has 1 aromatic rings. The molecule has 0 bridgehead atoms. The van der Waals surface area contributed by atoms with Crippen molar-refractivity contribution in [2.24, 2.45) is 5.73 Å². The fourth-order valence-electron chi connectivity index (χ4n) is 1.85. The Labute approximate surface area is 110 Å². The standard InChI is InChI=1S/C14H25N3O/c1-4-17(8-9-18-5-2)14-7-6-13(11-16-14)10-12(3)15/h6-7,11-12H,4-5,8-10,15H2,1-3H3. The summed E-state index contributed by atoms with van der Waals surface area (Å²) in [6.07, 6.45) is 2.79. The molecule has 0 radical (unpaired) electrons. The third-order valence-electron chi connectivity index (χ3n) is 2.78. The van der Waals surface area contributed by atoms with Crippen molar-refractivity contribution in [2.75, 3.05) is 31.2 Å². The van der Waals surface area contributed by atoms with Crippen LogP contribution in [0.1, 0.15) is 26.3 Å². The van der Waals surface area contributed by atoms with Gasteiger partial charge in [0.05, 0.1) is 6.61 Å². The van der Waals surface area contributed by atoms with Crippen molar-refractivity contribution in [3.8, 4) is 0 Å². The molecule has 2 N–H and O–H groups in total. The first-order chi connectivity index (χ1) is 8.67. The van der Waals surface area contributed by atoms with Crippen molar-refractivity contribution in [2.45, 2.75) is 33.2 Å². The Kier molecular flexibility index (Phi) is 6.68. The van der Waals surface area contributed by atoms with E-state index in [0.717, 1.165) is 38.5 Å². The van der Waals surface area contributed by atoms with E-state index in [-0.39, 0.29) is 6.04 Å². The monoisotopic (exact) mass is 251 g/mol. The second kappa shape index (κ2) is 8.06. The highest BCUT2D eigenvalue weighted by atomic mass is 16.5. The molecule has 1 unspecified atom stereocenters. The van der Waals surface area contributed by atoms with Gasteiger partial charge in [-0.3, -0.25) is 0 Å². The summed E-state index contributed by atoms with van der Waals surface area (Å²) < 4.78 is 5.38. The van der Waals surface area contributed by atoms with Crippen LogP contribution in [-0.2, 0) is 11.2 Å². The largest absolute Gasteiger partial charge is 0.380 e. The number of nitrogens with two attached hydrogens (primary N) is 1. The predicted molar refractivity (Wildman–Crippen MR) is 76.0 cm³/mol. The molecule has 18 heavy (non-hydrogen) atoms. The van der Waals surface area contributed by atoms with E-state index < -0.39 is 0 Å². The summed E-state index contributed by atoms with van der Waals surface area (Å²) in [6.45, 7) is 9.47. The topological polar surface area (TPSA) is 51.4 Å². The van der Waals surface area contributed by atoms with Gasteiger partial charge in [-0.25, -0.2) is 4.98 Å². The Hall–Kier alpha value is -1.13. The molecule has 1 atom stereocenters. The number of anilines is 1. The number of nitrogens with zero attached hydrogens (tertiary/aromatic N) is 2. The van der Waals surface area contributed by atoms with E-state index in [2.05, 4.69) is 28.9 Å². The number of aromatic nitrogens is 1. The highest BCUT2D eigenvalue weighted by Gasteiger charge is 2.06. The van der Waals surface area contributed by atoms with Gasteiger partial charge in [-0.1, -0.05) is 6.07 Å². The first-order valence-electron chi connectivity index (χ1n) is 6.70. The first kappa shape index (κ1) is 14.9. The molecule has 1 rings (SSSR count). The SMILES string of the molecule is CCOCCN(CC)c1ccc(CC(C)N)cn1. The first-order valence-corrected chi connectivity index (χ1v) is 6.70. The van der Waals surface area contributed by atoms with Crippen molar-refractivity contribution in [1.82, 2.24) is 4.98 Å². The molecular formula is C14H25N3O. The van der Waals surface area contributed by atoms with E-state index >= 15 is 0 Å². The van der Waals surface area contributed by atoms with Crippen molar-refractivity contribution >= 4 is 5.82 Å². The van der Waals surface area contributed by atoms with Gasteiger partial charge in [-0.05, 0) is 38.8 Å². The van der Waals surface area contributed by atoms with Crippen LogP contribution >= 0.6 is 0 Å². The number of ether oxygens (including phenoxy) is 1. The highest BCUT2D eigenvalue weighted by molar-refractivity contribution is 5.39. The number of hydrogen-bond donors (Lipinski definition) is 1. The summed E-state index contributed by atoms with van der Waals surface area (Å²) in [5, 5.41) is 0. The third kappa shape index (κ3) is 5.02. The van der Waals surface area contributed by atoms with Crippen molar-refractivity contribution in [3.05, 3.63) is 23.9 Å². The molecule has 0 aromatic carbocycles. The van der Waals surface area contributed by atoms with Crippen molar-refractivity contribution < 1.29 is 4.74 Å². The average Bonchev–Trinajstić information content (AvgIpc) is 2.35. The Morgan fingerprint density at radius 1 is 1.39 bits per heavy atom. The molecule has 0 aliphatic rings. The molecule has 0 fully saturated rings.